The Bertz CT molecular complexity index is 536. The number of hydrogen-bond donors (Lipinski definition) is 1. The van der Waals surface area contributed by atoms with Crippen LogP contribution in [-0.2, 0) is 17.1 Å². The molecular formula is C11H22BrN5O2S. The van der Waals surface area contributed by atoms with Crippen LogP contribution in [0, 0.1) is 5.41 Å². The van der Waals surface area contributed by atoms with Crippen LogP contribution in [0.2, 0.25) is 0 Å². The van der Waals surface area contributed by atoms with E-state index in [2.05, 4.69) is 26.2 Å². The van der Waals surface area contributed by atoms with Gasteiger partial charge in [0.2, 0.25) is 5.03 Å². The number of nitrogens with two attached hydrogens (primary N) is 1. The van der Waals surface area contributed by atoms with Gasteiger partial charge in [0.25, 0.3) is 10.0 Å². The van der Waals surface area contributed by atoms with Crippen molar-refractivity contribution in [1.29, 1.82) is 0 Å². The molecule has 0 saturated heterocycles. The van der Waals surface area contributed by atoms with Gasteiger partial charge in [-0.2, -0.15) is 4.31 Å². The predicted octanol–water partition coefficient (Wildman–Crippen LogP) is 0.963. The van der Waals surface area contributed by atoms with E-state index in [-0.39, 0.29) is 15.0 Å². The number of halogens is 1. The average molecular weight is 368 g/mol. The molecule has 0 unspecified atom stereocenters. The van der Waals surface area contributed by atoms with Gasteiger partial charge in [0.05, 0.1) is 0 Å². The molecule has 0 fully saturated rings. The Labute approximate surface area is 128 Å². The minimum Gasteiger partial charge on any atom is -0.330 e. The Kier molecular flexibility index (Phi) is 5.70. The first-order chi connectivity index (χ1) is 9.15. The van der Waals surface area contributed by atoms with Gasteiger partial charge in [0.15, 0.2) is 4.60 Å². The SMILES string of the molecule is CCCN(CC(C)(C)CN)S(=O)(=O)c1c(Br)nnn1C. The number of nitrogens with zero attached hydrogens (tertiary/aromatic N) is 4. The fourth-order valence-corrected chi connectivity index (χ4v) is 4.55. The summed E-state index contributed by atoms with van der Waals surface area (Å²) < 4.78 is 28.5. The summed E-state index contributed by atoms with van der Waals surface area (Å²) in [6.07, 6.45) is 0.725. The molecule has 20 heavy (non-hydrogen) atoms. The maximum atomic E-state index is 12.8. The molecule has 0 bridgehead atoms. The molecule has 2 N–H and O–H groups in total. The third kappa shape index (κ3) is 3.78. The van der Waals surface area contributed by atoms with E-state index in [1.54, 1.807) is 7.05 Å². The monoisotopic (exact) mass is 367 g/mol. The molecule has 1 rings (SSSR count). The second-order valence-corrected chi connectivity index (χ2v) is 8.12. The minimum atomic E-state index is -3.66. The molecule has 0 aliphatic carbocycles. The Morgan fingerprint density at radius 3 is 2.45 bits per heavy atom. The van der Waals surface area contributed by atoms with E-state index >= 15 is 0 Å². The van der Waals surface area contributed by atoms with Crippen molar-refractivity contribution in [2.75, 3.05) is 19.6 Å². The van der Waals surface area contributed by atoms with Gasteiger partial charge in [-0.3, -0.25) is 0 Å². The van der Waals surface area contributed by atoms with Gasteiger partial charge in [0.1, 0.15) is 0 Å². The summed E-state index contributed by atoms with van der Waals surface area (Å²) in [5.41, 5.74) is 5.42. The van der Waals surface area contributed by atoms with Crippen LogP contribution in [-0.4, -0.2) is 47.4 Å². The molecule has 0 radical (unpaired) electrons. The summed E-state index contributed by atoms with van der Waals surface area (Å²) in [6.45, 7) is 7.03. The molecule has 7 nitrogen and oxygen atoms in total. The summed E-state index contributed by atoms with van der Waals surface area (Å²) in [5, 5.41) is 7.54. The van der Waals surface area contributed by atoms with Crippen molar-refractivity contribution in [3.63, 3.8) is 0 Å². The van der Waals surface area contributed by atoms with Crippen LogP contribution >= 0.6 is 15.9 Å². The van der Waals surface area contributed by atoms with Gasteiger partial charge in [-0.15, -0.1) is 5.10 Å². The zero-order chi connectivity index (χ0) is 15.6. The number of sulfonamides is 1. The normalized spacial score (nSPS) is 13.2. The molecule has 0 spiro atoms. The largest absolute Gasteiger partial charge is 0.330 e. The van der Waals surface area contributed by atoms with Gasteiger partial charge in [-0.1, -0.05) is 26.0 Å². The molecular weight excluding hydrogens is 346 g/mol. The van der Waals surface area contributed by atoms with Crippen molar-refractivity contribution < 1.29 is 8.42 Å². The van der Waals surface area contributed by atoms with Crippen LogP contribution in [0.3, 0.4) is 0 Å². The minimum absolute atomic E-state index is 0.0683. The van der Waals surface area contributed by atoms with Crippen molar-refractivity contribution in [3.05, 3.63) is 4.60 Å². The number of aromatic nitrogens is 3. The highest BCUT2D eigenvalue weighted by Gasteiger charge is 2.33. The first-order valence-electron chi connectivity index (χ1n) is 6.41. The van der Waals surface area contributed by atoms with Gasteiger partial charge < -0.3 is 5.73 Å². The van der Waals surface area contributed by atoms with Crippen LogP contribution < -0.4 is 5.73 Å². The van der Waals surface area contributed by atoms with E-state index in [9.17, 15) is 8.42 Å². The van der Waals surface area contributed by atoms with E-state index in [4.69, 9.17) is 5.73 Å². The molecule has 0 aliphatic rings. The fourth-order valence-electron chi connectivity index (χ4n) is 1.79. The van der Waals surface area contributed by atoms with E-state index in [0.29, 0.717) is 19.6 Å². The number of hydrogen-bond acceptors (Lipinski definition) is 5. The molecule has 0 saturated carbocycles. The molecule has 1 aromatic heterocycles. The molecule has 116 valence electrons. The van der Waals surface area contributed by atoms with Gasteiger partial charge in [-0.25, -0.2) is 13.1 Å². The van der Waals surface area contributed by atoms with Crippen LogP contribution in [0.25, 0.3) is 0 Å². The molecule has 0 atom stereocenters. The zero-order valence-corrected chi connectivity index (χ0v) is 14.7. The number of aryl methyl sites for hydroxylation is 1. The highest BCUT2D eigenvalue weighted by atomic mass is 79.9. The maximum Gasteiger partial charge on any atom is 0.263 e. The molecule has 0 aliphatic heterocycles. The highest BCUT2D eigenvalue weighted by molar-refractivity contribution is 9.10. The quantitative estimate of drug-likeness (QED) is 0.774. The highest BCUT2D eigenvalue weighted by Crippen LogP contribution is 2.25. The van der Waals surface area contributed by atoms with Crippen molar-refractivity contribution in [1.82, 2.24) is 19.3 Å². The van der Waals surface area contributed by atoms with Crippen LogP contribution in [0.5, 0.6) is 0 Å². The smallest absolute Gasteiger partial charge is 0.263 e. The molecule has 0 amide bonds. The lowest BCUT2D eigenvalue weighted by atomic mass is 9.94. The summed E-state index contributed by atoms with van der Waals surface area (Å²) in [5.74, 6) is 0. The molecule has 1 aromatic rings. The van der Waals surface area contributed by atoms with Crippen molar-refractivity contribution in [3.8, 4) is 0 Å². The van der Waals surface area contributed by atoms with Crippen LogP contribution in [0.4, 0.5) is 0 Å². The van der Waals surface area contributed by atoms with E-state index in [0.717, 1.165) is 6.42 Å². The molecule has 1 heterocycles. The van der Waals surface area contributed by atoms with Crippen molar-refractivity contribution in [2.45, 2.75) is 32.2 Å². The first kappa shape index (κ1) is 17.5. The lowest BCUT2D eigenvalue weighted by Crippen LogP contribution is -2.43. The zero-order valence-electron chi connectivity index (χ0n) is 12.3. The van der Waals surface area contributed by atoms with Crippen LogP contribution in [0.15, 0.2) is 9.63 Å². The summed E-state index contributed by atoms with van der Waals surface area (Å²) in [6, 6.07) is 0. The third-order valence-corrected chi connectivity index (χ3v) is 5.69. The lowest BCUT2D eigenvalue weighted by Gasteiger charge is -2.30. The Morgan fingerprint density at radius 1 is 1.45 bits per heavy atom. The third-order valence-electron chi connectivity index (χ3n) is 2.95. The maximum absolute atomic E-state index is 12.8. The Hall–Kier alpha value is -0.510. The lowest BCUT2D eigenvalue weighted by molar-refractivity contribution is 0.265. The molecule has 0 aromatic carbocycles. The van der Waals surface area contributed by atoms with Gasteiger partial charge in [0, 0.05) is 20.1 Å². The number of rotatable bonds is 7. The average Bonchev–Trinajstić information content (AvgIpc) is 2.68. The Morgan fingerprint density at radius 2 is 2.05 bits per heavy atom. The second-order valence-electron chi connectivity index (χ2n) is 5.52. The van der Waals surface area contributed by atoms with Crippen LogP contribution in [0.1, 0.15) is 27.2 Å². The fraction of sp³-hybridized carbons (Fsp3) is 0.818. The van der Waals surface area contributed by atoms with E-state index in [1.165, 1.54) is 8.99 Å². The van der Waals surface area contributed by atoms with Crippen molar-refractivity contribution >= 4 is 26.0 Å². The first-order valence-corrected chi connectivity index (χ1v) is 8.64. The standard InChI is InChI=1S/C11H22BrN5O2S/c1-5-6-17(8-11(2,3)7-13)20(18,19)10-9(12)14-15-16(10)4/h5-8,13H2,1-4H3. The summed E-state index contributed by atoms with van der Waals surface area (Å²) >= 11 is 3.14. The second kappa shape index (κ2) is 6.50. The van der Waals surface area contributed by atoms with Gasteiger partial charge >= 0.3 is 0 Å². The van der Waals surface area contributed by atoms with Gasteiger partial charge in [-0.05, 0) is 34.3 Å². The molecule has 9 heteroatoms. The Balaban J connectivity index is 3.20. The topological polar surface area (TPSA) is 94.1 Å². The van der Waals surface area contributed by atoms with E-state index < -0.39 is 10.0 Å². The summed E-state index contributed by atoms with van der Waals surface area (Å²) in [7, 11) is -2.10. The van der Waals surface area contributed by atoms with Crippen molar-refractivity contribution in [2.24, 2.45) is 18.2 Å². The summed E-state index contributed by atoms with van der Waals surface area (Å²) in [4.78, 5) is 0. The predicted molar refractivity (Wildman–Crippen MR) is 80.6 cm³/mol. The van der Waals surface area contributed by atoms with E-state index in [1.807, 2.05) is 20.8 Å².